The predicted octanol–water partition coefficient (Wildman–Crippen LogP) is 4.23. The van der Waals surface area contributed by atoms with E-state index in [1.54, 1.807) is 48.5 Å². The molecule has 1 aliphatic rings. The third kappa shape index (κ3) is 5.63. The molecule has 8 nitrogen and oxygen atoms in total. The first-order valence-electron chi connectivity index (χ1n) is 10.1. The largest absolute Gasteiger partial charge is 0.484 e. The number of hydrogen-bond acceptors (Lipinski definition) is 4. The average molecular weight is 430 g/mol. The monoisotopic (exact) mass is 430 g/mol. The first-order chi connectivity index (χ1) is 15.5. The van der Waals surface area contributed by atoms with Gasteiger partial charge in [-0.2, -0.15) is 0 Å². The zero-order valence-electron chi connectivity index (χ0n) is 17.2. The summed E-state index contributed by atoms with van der Waals surface area (Å²) in [4.78, 5) is 35.7. The van der Waals surface area contributed by atoms with E-state index in [0.29, 0.717) is 35.7 Å². The van der Waals surface area contributed by atoms with Gasteiger partial charge >= 0.3 is 6.03 Å². The molecule has 32 heavy (non-hydrogen) atoms. The van der Waals surface area contributed by atoms with Crippen LogP contribution in [-0.2, 0) is 16.0 Å². The highest BCUT2D eigenvalue weighted by molar-refractivity contribution is 6.00. The van der Waals surface area contributed by atoms with Crippen LogP contribution in [0.4, 0.5) is 27.5 Å². The molecule has 0 saturated carbocycles. The van der Waals surface area contributed by atoms with Crippen LogP contribution in [0.25, 0.3) is 0 Å². The topological polar surface area (TPSA) is 109 Å². The van der Waals surface area contributed by atoms with Gasteiger partial charge in [-0.15, -0.1) is 0 Å². The van der Waals surface area contributed by atoms with E-state index < -0.39 is 0 Å². The van der Waals surface area contributed by atoms with Gasteiger partial charge in [-0.05, 0) is 66.6 Å². The second-order valence-electron chi connectivity index (χ2n) is 7.23. The molecule has 0 spiro atoms. The van der Waals surface area contributed by atoms with Crippen molar-refractivity contribution in [3.63, 3.8) is 0 Å². The Morgan fingerprint density at radius 3 is 2.19 bits per heavy atom. The van der Waals surface area contributed by atoms with Gasteiger partial charge in [0.15, 0.2) is 6.61 Å². The highest BCUT2D eigenvalue weighted by atomic mass is 16.5. The maximum atomic E-state index is 12.2. The van der Waals surface area contributed by atoms with Gasteiger partial charge < -0.3 is 26.0 Å². The summed E-state index contributed by atoms with van der Waals surface area (Å²) in [6, 6.07) is 20.9. The van der Waals surface area contributed by atoms with Gasteiger partial charge in [0.05, 0.1) is 0 Å². The SMILES string of the molecule is O=C(COc1ccc2c(c1)CCC(=O)N2)Nc1ccc(NC(=O)Nc2ccccc2)cc1. The lowest BCUT2D eigenvalue weighted by Crippen LogP contribution is -2.21. The van der Waals surface area contributed by atoms with Crippen LogP contribution in [0.15, 0.2) is 72.8 Å². The summed E-state index contributed by atoms with van der Waals surface area (Å²) in [6.45, 7) is -0.148. The first-order valence-corrected chi connectivity index (χ1v) is 10.1. The van der Waals surface area contributed by atoms with Crippen molar-refractivity contribution in [1.82, 2.24) is 0 Å². The zero-order valence-corrected chi connectivity index (χ0v) is 17.2. The van der Waals surface area contributed by atoms with Crippen LogP contribution in [0.1, 0.15) is 12.0 Å². The summed E-state index contributed by atoms with van der Waals surface area (Å²) < 4.78 is 5.58. The summed E-state index contributed by atoms with van der Waals surface area (Å²) >= 11 is 0. The van der Waals surface area contributed by atoms with Crippen molar-refractivity contribution >= 4 is 40.6 Å². The van der Waals surface area contributed by atoms with E-state index in [2.05, 4.69) is 21.3 Å². The van der Waals surface area contributed by atoms with E-state index >= 15 is 0 Å². The molecule has 162 valence electrons. The fraction of sp³-hybridized carbons (Fsp3) is 0.125. The third-order valence-electron chi connectivity index (χ3n) is 4.80. The number of fused-ring (bicyclic) bond motifs is 1. The number of amides is 4. The lowest BCUT2D eigenvalue weighted by molar-refractivity contribution is -0.118. The number of carbonyl (C=O) groups excluding carboxylic acids is 3. The van der Waals surface area contributed by atoms with Crippen molar-refractivity contribution < 1.29 is 19.1 Å². The zero-order chi connectivity index (χ0) is 22.3. The van der Waals surface area contributed by atoms with E-state index in [4.69, 9.17) is 4.74 Å². The van der Waals surface area contributed by atoms with Crippen molar-refractivity contribution in [2.45, 2.75) is 12.8 Å². The Morgan fingerprint density at radius 2 is 1.47 bits per heavy atom. The van der Waals surface area contributed by atoms with Crippen LogP contribution >= 0.6 is 0 Å². The van der Waals surface area contributed by atoms with Gasteiger partial charge in [0, 0.05) is 29.2 Å². The minimum absolute atomic E-state index is 0.00332. The number of benzene rings is 3. The molecule has 0 aliphatic carbocycles. The molecule has 3 aromatic carbocycles. The third-order valence-corrected chi connectivity index (χ3v) is 4.80. The van der Waals surface area contributed by atoms with E-state index in [1.165, 1.54) is 0 Å². The van der Waals surface area contributed by atoms with E-state index in [-0.39, 0.29) is 24.5 Å². The van der Waals surface area contributed by atoms with Crippen molar-refractivity contribution in [2.24, 2.45) is 0 Å². The van der Waals surface area contributed by atoms with Gasteiger partial charge in [-0.1, -0.05) is 18.2 Å². The molecular weight excluding hydrogens is 408 g/mol. The van der Waals surface area contributed by atoms with Crippen LogP contribution < -0.4 is 26.0 Å². The standard InChI is InChI=1S/C24H22N4O4/c29-22-13-6-16-14-20(11-12-21(16)28-22)32-15-23(30)25-18-7-9-19(10-8-18)27-24(31)26-17-4-2-1-3-5-17/h1-5,7-12,14H,6,13,15H2,(H,25,30)(H,28,29)(H2,26,27,31). The molecule has 0 unspecified atom stereocenters. The molecule has 0 fully saturated rings. The summed E-state index contributed by atoms with van der Waals surface area (Å²) in [5.41, 5.74) is 3.64. The lowest BCUT2D eigenvalue weighted by atomic mass is 10.0. The number of aryl methyl sites for hydroxylation is 1. The number of nitrogens with one attached hydrogen (secondary N) is 4. The molecule has 0 aromatic heterocycles. The van der Waals surface area contributed by atoms with E-state index in [0.717, 1.165) is 11.3 Å². The number of anilines is 4. The number of rotatable bonds is 6. The molecule has 4 rings (SSSR count). The van der Waals surface area contributed by atoms with Crippen molar-refractivity contribution in [3.05, 3.63) is 78.4 Å². The molecule has 1 aliphatic heterocycles. The molecule has 0 radical (unpaired) electrons. The Kier molecular flexibility index (Phi) is 6.31. The molecule has 1 heterocycles. The minimum Gasteiger partial charge on any atom is -0.484 e. The number of urea groups is 1. The van der Waals surface area contributed by atoms with E-state index in [1.807, 2.05) is 24.3 Å². The maximum absolute atomic E-state index is 12.2. The number of hydrogen-bond donors (Lipinski definition) is 4. The molecule has 0 saturated heterocycles. The normalized spacial score (nSPS) is 12.2. The Labute approximate surface area is 185 Å². The minimum atomic E-state index is -0.356. The van der Waals surface area contributed by atoms with Crippen LogP contribution in [0, 0.1) is 0 Å². The summed E-state index contributed by atoms with van der Waals surface area (Å²) in [5.74, 6) is 0.265. The van der Waals surface area contributed by atoms with Crippen LogP contribution in [-0.4, -0.2) is 24.5 Å². The highest BCUT2D eigenvalue weighted by Gasteiger charge is 2.15. The van der Waals surface area contributed by atoms with Gasteiger partial charge in [-0.3, -0.25) is 9.59 Å². The Bertz CT molecular complexity index is 1130. The van der Waals surface area contributed by atoms with Gasteiger partial charge in [0.25, 0.3) is 5.91 Å². The van der Waals surface area contributed by atoms with Gasteiger partial charge in [-0.25, -0.2) is 4.79 Å². The molecule has 8 heteroatoms. The molecule has 3 aromatic rings. The average Bonchev–Trinajstić information content (AvgIpc) is 2.79. The number of ether oxygens (including phenoxy) is 1. The highest BCUT2D eigenvalue weighted by Crippen LogP contribution is 2.26. The van der Waals surface area contributed by atoms with Crippen LogP contribution in [0.2, 0.25) is 0 Å². The van der Waals surface area contributed by atoms with E-state index in [9.17, 15) is 14.4 Å². The van der Waals surface area contributed by atoms with Crippen molar-refractivity contribution in [1.29, 1.82) is 0 Å². The lowest BCUT2D eigenvalue weighted by Gasteiger charge is -2.17. The molecule has 4 N–H and O–H groups in total. The second kappa shape index (κ2) is 9.65. The van der Waals surface area contributed by atoms with Crippen LogP contribution in [0.3, 0.4) is 0 Å². The van der Waals surface area contributed by atoms with Crippen molar-refractivity contribution in [3.8, 4) is 5.75 Å². The second-order valence-corrected chi connectivity index (χ2v) is 7.23. The molecule has 0 bridgehead atoms. The predicted molar refractivity (Wildman–Crippen MR) is 123 cm³/mol. The fourth-order valence-corrected chi connectivity index (χ4v) is 3.25. The van der Waals surface area contributed by atoms with Crippen molar-refractivity contribution in [2.75, 3.05) is 27.9 Å². The maximum Gasteiger partial charge on any atom is 0.323 e. The van der Waals surface area contributed by atoms with Crippen LogP contribution in [0.5, 0.6) is 5.75 Å². The summed E-state index contributed by atoms with van der Waals surface area (Å²) in [5, 5.41) is 11.0. The number of para-hydroxylation sites is 1. The fourth-order valence-electron chi connectivity index (χ4n) is 3.25. The van der Waals surface area contributed by atoms with Gasteiger partial charge in [0.2, 0.25) is 5.91 Å². The molecule has 4 amide bonds. The Balaban J connectivity index is 1.25. The molecule has 0 atom stereocenters. The smallest absolute Gasteiger partial charge is 0.323 e. The molecular formula is C24H22N4O4. The number of carbonyl (C=O) groups is 3. The van der Waals surface area contributed by atoms with Gasteiger partial charge in [0.1, 0.15) is 5.75 Å². The first kappa shape index (κ1) is 20.9. The Morgan fingerprint density at radius 1 is 0.812 bits per heavy atom. The summed E-state index contributed by atoms with van der Waals surface area (Å²) in [6.07, 6.45) is 1.09. The summed E-state index contributed by atoms with van der Waals surface area (Å²) in [7, 11) is 0. The quantitative estimate of drug-likeness (QED) is 0.469. The Hall–Kier alpha value is -4.33.